The summed E-state index contributed by atoms with van der Waals surface area (Å²) in [5, 5.41) is 17.5. The van der Waals surface area contributed by atoms with Crippen LogP contribution in [0, 0.1) is 17.2 Å². The van der Waals surface area contributed by atoms with E-state index in [1.165, 1.54) is 4.31 Å². The number of pyridine rings is 1. The van der Waals surface area contributed by atoms with Crippen LogP contribution in [0.4, 0.5) is 11.5 Å². The lowest BCUT2D eigenvalue weighted by Crippen LogP contribution is -2.18. The topological polar surface area (TPSA) is 124 Å². The summed E-state index contributed by atoms with van der Waals surface area (Å²) in [4.78, 5) is 15.6. The first-order valence-electron chi connectivity index (χ1n) is 9.73. The summed E-state index contributed by atoms with van der Waals surface area (Å²) >= 11 is 0. The van der Waals surface area contributed by atoms with Crippen LogP contribution in [0.15, 0.2) is 40.2 Å². The molecule has 1 unspecified atom stereocenters. The fourth-order valence-corrected chi connectivity index (χ4v) is 5.47. The summed E-state index contributed by atoms with van der Waals surface area (Å²) in [7, 11) is -1.89. The number of H-pyrrole nitrogens is 1. The first kappa shape index (κ1) is 18.8. The molecule has 0 spiro atoms. The average molecular weight is 424 g/mol. The fourth-order valence-electron chi connectivity index (χ4n) is 4.13. The number of nitrogens with one attached hydrogen (secondary N) is 2. The molecule has 5 rings (SSSR count). The van der Waals surface area contributed by atoms with E-state index in [9.17, 15) is 18.5 Å². The predicted molar refractivity (Wildman–Crippen MR) is 111 cm³/mol. The van der Waals surface area contributed by atoms with Crippen molar-refractivity contribution in [2.24, 2.45) is 5.92 Å². The molecule has 154 valence electrons. The smallest absolute Gasteiger partial charge is 0.261 e. The molecule has 1 aliphatic heterocycles. The maximum absolute atomic E-state index is 12.6. The first-order chi connectivity index (χ1) is 14.4. The molecule has 30 heavy (non-hydrogen) atoms. The summed E-state index contributed by atoms with van der Waals surface area (Å²) in [6.45, 7) is 0.300. The minimum absolute atomic E-state index is 0.0753. The Morgan fingerprint density at radius 1 is 1.37 bits per heavy atom. The maximum atomic E-state index is 12.6. The van der Waals surface area contributed by atoms with Crippen LogP contribution in [-0.4, -0.2) is 34.5 Å². The molecular weight excluding hydrogens is 404 g/mol. The van der Waals surface area contributed by atoms with Gasteiger partial charge in [0.05, 0.1) is 28.9 Å². The minimum atomic E-state index is -3.43. The van der Waals surface area contributed by atoms with E-state index in [-0.39, 0.29) is 11.6 Å². The number of anilines is 2. The second-order valence-electron chi connectivity index (χ2n) is 7.84. The van der Waals surface area contributed by atoms with Gasteiger partial charge in [0.1, 0.15) is 5.39 Å². The quantitative estimate of drug-likeness (QED) is 0.648. The van der Waals surface area contributed by atoms with Gasteiger partial charge in [0.15, 0.2) is 5.82 Å². The Labute approximate surface area is 173 Å². The van der Waals surface area contributed by atoms with Crippen molar-refractivity contribution in [1.82, 2.24) is 19.1 Å². The third-order valence-electron chi connectivity index (χ3n) is 5.82. The van der Waals surface area contributed by atoms with E-state index in [0.717, 1.165) is 12.8 Å². The van der Waals surface area contributed by atoms with Crippen molar-refractivity contribution < 1.29 is 8.42 Å². The van der Waals surface area contributed by atoms with Crippen LogP contribution in [-0.2, 0) is 16.6 Å². The summed E-state index contributed by atoms with van der Waals surface area (Å²) in [5.74, 6) is 0.783. The highest BCUT2D eigenvalue weighted by Gasteiger charge is 2.35. The predicted octanol–water partition coefficient (Wildman–Crippen LogP) is 2.47. The minimum Gasteiger partial charge on any atom is -0.338 e. The molecule has 1 fully saturated rings. The molecule has 2 aromatic heterocycles. The number of aromatic amines is 1. The van der Waals surface area contributed by atoms with Crippen molar-refractivity contribution >= 4 is 32.4 Å². The Balaban J connectivity index is 1.58. The lowest BCUT2D eigenvalue weighted by Gasteiger charge is -2.14. The Morgan fingerprint density at radius 3 is 2.90 bits per heavy atom. The van der Waals surface area contributed by atoms with Crippen LogP contribution < -0.4 is 10.9 Å². The molecule has 10 heteroatoms. The zero-order valence-electron chi connectivity index (χ0n) is 16.3. The zero-order chi connectivity index (χ0) is 21.0. The second kappa shape index (κ2) is 6.68. The number of nitrogens with zero attached hydrogens (tertiary/aromatic N) is 4. The Bertz CT molecular complexity index is 1360. The monoisotopic (exact) mass is 424 g/mol. The SMILES string of the molecule is CN1Cc2cc(Nc3nn(C(CC#N)C4CC4)c4cc[nH]c(=O)c34)ccc2S1(=O)=O. The normalized spacial score (nSPS) is 18.8. The summed E-state index contributed by atoms with van der Waals surface area (Å²) < 4.78 is 27.7. The van der Waals surface area contributed by atoms with E-state index in [2.05, 4.69) is 21.5 Å². The van der Waals surface area contributed by atoms with E-state index in [0.29, 0.717) is 51.8 Å². The Morgan fingerprint density at radius 2 is 2.17 bits per heavy atom. The fraction of sp³-hybridized carbons (Fsp3) is 0.350. The van der Waals surface area contributed by atoms with Crippen molar-refractivity contribution in [2.45, 2.75) is 36.7 Å². The van der Waals surface area contributed by atoms with Crippen LogP contribution in [0.25, 0.3) is 10.9 Å². The first-order valence-corrected chi connectivity index (χ1v) is 11.2. The van der Waals surface area contributed by atoms with Crippen LogP contribution in [0.3, 0.4) is 0 Å². The van der Waals surface area contributed by atoms with Gasteiger partial charge < -0.3 is 10.3 Å². The number of aromatic nitrogens is 3. The highest BCUT2D eigenvalue weighted by molar-refractivity contribution is 7.89. The molecule has 3 aromatic rings. The van der Waals surface area contributed by atoms with Gasteiger partial charge in [0.25, 0.3) is 5.56 Å². The Hall–Kier alpha value is -3.16. The van der Waals surface area contributed by atoms with Gasteiger partial charge in [-0.3, -0.25) is 9.48 Å². The number of sulfonamides is 1. The average Bonchev–Trinajstić information content (AvgIpc) is 3.44. The molecule has 0 bridgehead atoms. The van der Waals surface area contributed by atoms with Crippen molar-refractivity contribution in [2.75, 3.05) is 12.4 Å². The van der Waals surface area contributed by atoms with Gasteiger partial charge in [0.2, 0.25) is 10.0 Å². The molecule has 9 nitrogen and oxygen atoms in total. The second-order valence-corrected chi connectivity index (χ2v) is 9.85. The van der Waals surface area contributed by atoms with Crippen LogP contribution in [0.2, 0.25) is 0 Å². The number of hydrogen-bond acceptors (Lipinski definition) is 6. The summed E-state index contributed by atoms with van der Waals surface area (Å²) in [6.07, 6.45) is 4.01. The number of benzene rings is 1. The molecule has 1 aliphatic carbocycles. The van der Waals surface area contributed by atoms with Gasteiger partial charge in [-0.25, -0.2) is 8.42 Å². The summed E-state index contributed by atoms with van der Waals surface area (Å²) in [6, 6.07) is 8.97. The van der Waals surface area contributed by atoms with Gasteiger partial charge >= 0.3 is 0 Å². The standard InChI is InChI=1S/C20H20N6O3S/c1-25-11-13-10-14(4-5-17(13)30(25,28)29)23-19-18-16(7-9-22-20(18)27)26(24-19)15(6-8-21)12-2-3-12/h4-5,7,9-10,12,15H,2-3,6,11H2,1H3,(H,22,27)(H,23,24). The molecule has 1 aromatic carbocycles. The van der Waals surface area contributed by atoms with Gasteiger partial charge in [-0.2, -0.15) is 14.7 Å². The van der Waals surface area contributed by atoms with E-state index in [4.69, 9.17) is 0 Å². The highest BCUT2D eigenvalue weighted by Crippen LogP contribution is 2.43. The summed E-state index contributed by atoms with van der Waals surface area (Å²) in [5.41, 5.74) is 1.76. The van der Waals surface area contributed by atoms with E-state index >= 15 is 0 Å². The Kier molecular flexibility index (Phi) is 4.20. The molecular formula is C20H20N6O3S. The van der Waals surface area contributed by atoms with Crippen molar-refractivity contribution in [3.8, 4) is 6.07 Å². The molecule has 0 amide bonds. The van der Waals surface area contributed by atoms with Gasteiger partial charge in [-0.15, -0.1) is 0 Å². The molecule has 2 aliphatic rings. The van der Waals surface area contributed by atoms with Crippen molar-refractivity contribution in [3.63, 3.8) is 0 Å². The third-order valence-corrected chi connectivity index (χ3v) is 7.72. The highest BCUT2D eigenvalue weighted by atomic mass is 32.2. The zero-order valence-corrected chi connectivity index (χ0v) is 17.1. The maximum Gasteiger partial charge on any atom is 0.261 e. The van der Waals surface area contributed by atoms with Crippen LogP contribution >= 0.6 is 0 Å². The van der Waals surface area contributed by atoms with Crippen molar-refractivity contribution in [1.29, 1.82) is 5.26 Å². The van der Waals surface area contributed by atoms with Gasteiger partial charge in [0, 0.05) is 25.5 Å². The molecule has 1 saturated carbocycles. The van der Waals surface area contributed by atoms with E-state index in [1.54, 1.807) is 42.2 Å². The van der Waals surface area contributed by atoms with E-state index in [1.807, 2.05) is 0 Å². The molecule has 0 saturated heterocycles. The lowest BCUT2D eigenvalue weighted by atomic mass is 10.1. The van der Waals surface area contributed by atoms with Crippen LogP contribution in [0.5, 0.6) is 0 Å². The van der Waals surface area contributed by atoms with Crippen LogP contribution in [0.1, 0.15) is 30.9 Å². The largest absolute Gasteiger partial charge is 0.338 e. The van der Waals surface area contributed by atoms with Gasteiger partial charge in [-0.1, -0.05) is 0 Å². The third kappa shape index (κ3) is 2.89. The van der Waals surface area contributed by atoms with Crippen molar-refractivity contribution in [3.05, 3.63) is 46.4 Å². The molecule has 2 N–H and O–H groups in total. The number of nitriles is 1. The van der Waals surface area contributed by atoms with Gasteiger partial charge in [-0.05, 0) is 48.6 Å². The number of rotatable bonds is 5. The molecule has 1 atom stereocenters. The van der Waals surface area contributed by atoms with E-state index < -0.39 is 10.0 Å². The number of hydrogen-bond donors (Lipinski definition) is 2. The number of fused-ring (bicyclic) bond motifs is 2. The lowest BCUT2D eigenvalue weighted by molar-refractivity contribution is 0.426. The molecule has 0 radical (unpaired) electrons. The molecule has 3 heterocycles.